The number of nitrogens with one attached hydrogen (secondary N) is 1. The molecule has 0 fully saturated rings. The molecule has 4 heteroatoms. The fraction of sp³-hybridized carbons (Fsp3) is 0.200. The summed E-state index contributed by atoms with van der Waals surface area (Å²) in [6.45, 7) is 1.95. The van der Waals surface area contributed by atoms with Crippen molar-refractivity contribution in [1.82, 2.24) is 0 Å². The fourth-order valence-electron chi connectivity index (χ4n) is 1.89. The van der Waals surface area contributed by atoms with E-state index in [0.29, 0.717) is 5.02 Å². The molecule has 0 aliphatic heterocycles. The molecule has 2 aromatic rings. The molecule has 0 saturated carbocycles. The van der Waals surface area contributed by atoms with Crippen LogP contribution in [0.15, 0.2) is 53.0 Å². The Morgan fingerprint density at radius 1 is 1.21 bits per heavy atom. The van der Waals surface area contributed by atoms with E-state index in [-0.39, 0.29) is 6.61 Å². The summed E-state index contributed by atoms with van der Waals surface area (Å²) in [6.07, 6.45) is 0. The molecule has 0 heterocycles. The van der Waals surface area contributed by atoms with E-state index in [0.717, 1.165) is 15.7 Å². The first kappa shape index (κ1) is 14.4. The minimum absolute atomic E-state index is 0.00786. The summed E-state index contributed by atoms with van der Waals surface area (Å²) in [5.74, 6) is 0. The number of anilines is 1. The smallest absolute Gasteiger partial charge is 0.0828 e. The highest BCUT2D eigenvalue weighted by atomic mass is 79.9. The molecule has 2 N–H and O–H groups in total. The predicted octanol–water partition coefficient (Wildman–Crippen LogP) is 4.42. The molecule has 0 aliphatic carbocycles. The van der Waals surface area contributed by atoms with E-state index >= 15 is 0 Å². The van der Waals surface area contributed by atoms with Crippen LogP contribution in [0.1, 0.15) is 12.5 Å². The third-order valence-corrected chi connectivity index (χ3v) is 3.79. The van der Waals surface area contributed by atoms with Crippen molar-refractivity contribution in [3.63, 3.8) is 0 Å². The zero-order valence-corrected chi connectivity index (χ0v) is 12.9. The normalized spacial score (nSPS) is 13.9. The van der Waals surface area contributed by atoms with Crippen LogP contribution >= 0.6 is 27.5 Å². The Labute approximate surface area is 126 Å². The molecule has 1 atom stereocenters. The van der Waals surface area contributed by atoms with Gasteiger partial charge in [-0.25, -0.2) is 0 Å². The molecular weight excluding hydrogens is 326 g/mol. The Morgan fingerprint density at radius 2 is 1.89 bits per heavy atom. The zero-order chi connectivity index (χ0) is 13.9. The fourth-order valence-corrected chi connectivity index (χ4v) is 2.41. The maximum absolute atomic E-state index is 9.74. The van der Waals surface area contributed by atoms with Crippen LogP contribution < -0.4 is 5.32 Å². The summed E-state index contributed by atoms with van der Waals surface area (Å²) in [7, 11) is 0. The Kier molecular flexibility index (Phi) is 4.50. The monoisotopic (exact) mass is 339 g/mol. The molecule has 2 aromatic carbocycles. The van der Waals surface area contributed by atoms with Crippen molar-refractivity contribution in [1.29, 1.82) is 0 Å². The molecule has 0 saturated heterocycles. The third kappa shape index (κ3) is 3.50. The van der Waals surface area contributed by atoms with Gasteiger partial charge >= 0.3 is 0 Å². The number of benzene rings is 2. The lowest BCUT2D eigenvalue weighted by Gasteiger charge is -2.30. The van der Waals surface area contributed by atoms with E-state index in [2.05, 4.69) is 21.2 Å². The van der Waals surface area contributed by atoms with Crippen molar-refractivity contribution in [2.75, 3.05) is 11.9 Å². The van der Waals surface area contributed by atoms with Crippen molar-refractivity contribution >= 4 is 33.2 Å². The van der Waals surface area contributed by atoms with Crippen molar-refractivity contribution in [3.8, 4) is 0 Å². The first-order valence-corrected chi connectivity index (χ1v) is 7.11. The van der Waals surface area contributed by atoms with Crippen molar-refractivity contribution < 1.29 is 5.11 Å². The van der Waals surface area contributed by atoms with Gasteiger partial charge in [0.2, 0.25) is 0 Å². The molecule has 100 valence electrons. The van der Waals surface area contributed by atoms with Gasteiger partial charge in [0.1, 0.15) is 0 Å². The van der Waals surface area contributed by atoms with Gasteiger partial charge in [0, 0.05) is 15.2 Å². The van der Waals surface area contributed by atoms with Crippen molar-refractivity contribution in [2.24, 2.45) is 0 Å². The summed E-state index contributed by atoms with van der Waals surface area (Å²) >= 11 is 9.32. The van der Waals surface area contributed by atoms with Crippen LogP contribution in [0.25, 0.3) is 0 Å². The topological polar surface area (TPSA) is 32.3 Å². The first-order valence-electron chi connectivity index (χ1n) is 5.94. The van der Waals surface area contributed by atoms with E-state index in [1.54, 1.807) is 0 Å². The van der Waals surface area contributed by atoms with Gasteiger partial charge in [0.25, 0.3) is 0 Å². The summed E-state index contributed by atoms with van der Waals surface area (Å²) in [4.78, 5) is 0. The van der Waals surface area contributed by atoms with E-state index in [1.807, 2.05) is 55.5 Å². The van der Waals surface area contributed by atoms with Crippen molar-refractivity contribution in [2.45, 2.75) is 12.5 Å². The molecule has 0 bridgehead atoms. The van der Waals surface area contributed by atoms with E-state index in [4.69, 9.17) is 11.6 Å². The quantitative estimate of drug-likeness (QED) is 0.863. The van der Waals surface area contributed by atoms with Gasteiger partial charge in [-0.15, -0.1) is 0 Å². The molecule has 0 spiro atoms. The third-order valence-electron chi connectivity index (χ3n) is 3.04. The van der Waals surface area contributed by atoms with Crippen LogP contribution in [0.4, 0.5) is 5.69 Å². The highest BCUT2D eigenvalue weighted by molar-refractivity contribution is 9.10. The van der Waals surface area contributed by atoms with E-state index in [9.17, 15) is 5.11 Å². The van der Waals surface area contributed by atoms with Crippen LogP contribution in [-0.4, -0.2) is 11.7 Å². The van der Waals surface area contributed by atoms with Crippen LogP contribution in [-0.2, 0) is 5.54 Å². The van der Waals surface area contributed by atoms with Crippen LogP contribution in [0, 0.1) is 0 Å². The molecule has 2 rings (SSSR count). The largest absolute Gasteiger partial charge is 0.394 e. The van der Waals surface area contributed by atoms with Gasteiger partial charge in [-0.3, -0.25) is 0 Å². The molecule has 19 heavy (non-hydrogen) atoms. The molecule has 0 radical (unpaired) electrons. The summed E-state index contributed by atoms with van der Waals surface area (Å²) in [5.41, 5.74) is 1.39. The maximum atomic E-state index is 9.74. The number of hydrogen-bond donors (Lipinski definition) is 2. The van der Waals surface area contributed by atoms with Gasteiger partial charge in [-0.1, -0.05) is 39.7 Å². The first-order chi connectivity index (χ1) is 9.03. The summed E-state index contributed by atoms with van der Waals surface area (Å²) in [5, 5.41) is 13.8. The van der Waals surface area contributed by atoms with Gasteiger partial charge in [-0.05, 0) is 48.9 Å². The SMILES string of the molecule is CC(CO)(Nc1ccc(Cl)cc1)c1cccc(Br)c1. The standard InChI is InChI=1S/C15H15BrClNO/c1-15(10-19,11-3-2-4-12(16)9-11)18-14-7-5-13(17)6-8-14/h2-9,18-19H,10H2,1H3. The molecule has 1 unspecified atom stereocenters. The Morgan fingerprint density at radius 3 is 2.47 bits per heavy atom. The van der Waals surface area contributed by atoms with Crippen molar-refractivity contribution in [3.05, 3.63) is 63.6 Å². The minimum Gasteiger partial charge on any atom is -0.394 e. The Bertz CT molecular complexity index is 558. The number of halogens is 2. The van der Waals surface area contributed by atoms with E-state index in [1.165, 1.54) is 0 Å². The average molecular weight is 341 g/mol. The lowest BCUT2D eigenvalue weighted by atomic mass is 9.92. The Hall–Kier alpha value is -1.03. The average Bonchev–Trinajstić information content (AvgIpc) is 2.41. The highest BCUT2D eigenvalue weighted by Gasteiger charge is 2.25. The number of rotatable bonds is 4. The predicted molar refractivity (Wildman–Crippen MR) is 83.7 cm³/mol. The second-order valence-corrected chi connectivity index (χ2v) is 5.98. The molecule has 0 amide bonds. The number of aliphatic hydroxyl groups is 1. The second-order valence-electron chi connectivity index (χ2n) is 4.63. The molecule has 0 aromatic heterocycles. The minimum atomic E-state index is -0.544. The highest BCUT2D eigenvalue weighted by Crippen LogP contribution is 2.28. The summed E-state index contributed by atoms with van der Waals surface area (Å²) < 4.78 is 0.989. The second kappa shape index (κ2) is 5.95. The lowest BCUT2D eigenvalue weighted by Crippen LogP contribution is -2.35. The zero-order valence-electron chi connectivity index (χ0n) is 10.5. The lowest BCUT2D eigenvalue weighted by molar-refractivity contribution is 0.224. The van der Waals surface area contributed by atoms with Crippen LogP contribution in [0.2, 0.25) is 5.02 Å². The molecular formula is C15H15BrClNO. The summed E-state index contributed by atoms with van der Waals surface area (Å²) in [6, 6.07) is 15.3. The van der Waals surface area contributed by atoms with E-state index < -0.39 is 5.54 Å². The van der Waals surface area contributed by atoms with Gasteiger partial charge < -0.3 is 10.4 Å². The van der Waals surface area contributed by atoms with Crippen LogP contribution in [0.3, 0.4) is 0 Å². The van der Waals surface area contributed by atoms with Crippen LogP contribution in [0.5, 0.6) is 0 Å². The van der Waals surface area contributed by atoms with Gasteiger partial charge in [0.05, 0.1) is 12.1 Å². The van der Waals surface area contributed by atoms with Gasteiger partial charge in [-0.2, -0.15) is 0 Å². The number of aliphatic hydroxyl groups excluding tert-OH is 1. The maximum Gasteiger partial charge on any atom is 0.0828 e. The number of hydrogen-bond acceptors (Lipinski definition) is 2. The molecule has 0 aliphatic rings. The van der Waals surface area contributed by atoms with Gasteiger partial charge in [0.15, 0.2) is 0 Å². The molecule has 2 nitrogen and oxygen atoms in total. The Balaban J connectivity index is 2.30.